The summed E-state index contributed by atoms with van der Waals surface area (Å²) in [6, 6.07) is 0.338. The molecule has 7 heteroatoms. The first-order valence-electron chi connectivity index (χ1n) is 5.98. The highest BCUT2D eigenvalue weighted by atomic mass is 16.1. The van der Waals surface area contributed by atoms with E-state index in [2.05, 4.69) is 20.2 Å². The Bertz CT molecular complexity index is 416. The number of hydrogen-bond donors (Lipinski definition) is 3. The molecule has 2 rings (SSSR count). The molecule has 98 valence electrons. The first-order chi connectivity index (χ1) is 8.63. The highest BCUT2D eigenvalue weighted by molar-refractivity contribution is 5.75. The molecule has 7 nitrogen and oxygen atoms in total. The van der Waals surface area contributed by atoms with Crippen molar-refractivity contribution in [2.45, 2.75) is 18.9 Å². The number of carbonyl (C=O) groups excluding carboxylic acids is 1. The van der Waals surface area contributed by atoms with E-state index in [9.17, 15) is 4.79 Å². The molecule has 2 heterocycles. The van der Waals surface area contributed by atoms with Crippen molar-refractivity contribution in [2.24, 2.45) is 5.73 Å². The SMILES string of the molecule is NC(=O)CN1CCC(Nc2cncc(N)n2)CC1. The quantitative estimate of drug-likeness (QED) is 0.659. The molecule has 0 radical (unpaired) electrons. The third-order valence-corrected chi connectivity index (χ3v) is 2.97. The van der Waals surface area contributed by atoms with Gasteiger partial charge in [-0.15, -0.1) is 0 Å². The van der Waals surface area contributed by atoms with Crippen LogP contribution in [0, 0.1) is 0 Å². The van der Waals surface area contributed by atoms with Crippen molar-refractivity contribution in [3.8, 4) is 0 Å². The van der Waals surface area contributed by atoms with Gasteiger partial charge in [0.15, 0.2) is 0 Å². The maximum absolute atomic E-state index is 10.8. The molecule has 18 heavy (non-hydrogen) atoms. The van der Waals surface area contributed by atoms with Crippen LogP contribution in [0.4, 0.5) is 11.6 Å². The monoisotopic (exact) mass is 250 g/mol. The van der Waals surface area contributed by atoms with Crippen molar-refractivity contribution in [3.63, 3.8) is 0 Å². The number of anilines is 2. The van der Waals surface area contributed by atoms with E-state index in [0.29, 0.717) is 24.2 Å². The van der Waals surface area contributed by atoms with Crippen LogP contribution in [-0.2, 0) is 4.79 Å². The Morgan fingerprint density at radius 3 is 2.78 bits per heavy atom. The fourth-order valence-corrected chi connectivity index (χ4v) is 2.12. The van der Waals surface area contributed by atoms with Gasteiger partial charge in [0.2, 0.25) is 5.91 Å². The predicted octanol–water partition coefficient (Wildman–Crippen LogP) is -0.580. The fraction of sp³-hybridized carbons (Fsp3) is 0.545. The Labute approximate surface area is 106 Å². The average Bonchev–Trinajstić information content (AvgIpc) is 2.31. The first-order valence-corrected chi connectivity index (χ1v) is 5.98. The summed E-state index contributed by atoms with van der Waals surface area (Å²) in [5.41, 5.74) is 10.7. The molecule has 1 aliphatic heterocycles. The molecular weight excluding hydrogens is 232 g/mol. The lowest BCUT2D eigenvalue weighted by molar-refractivity contribution is -0.119. The zero-order chi connectivity index (χ0) is 13.0. The summed E-state index contributed by atoms with van der Waals surface area (Å²) in [5.74, 6) is 0.831. The molecule has 1 fully saturated rings. The Morgan fingerprint density at radius 2 is 2.17 bits per heavy atom. The second-order valence-electron chi connectivity index (χ2n) is 4.49. The van der Waals surface area contributed by atoms with E-state index in [0.717, 1.165) is 25.9 Å². The van der Waals surface area contributed by atoms with Gasteiger partial charge in [0, 0.05) is 19.1 Å². The molecule has 1 aliphatic rings. The van der Waals surface area contributed by atoms with Crippen molar-refractivity contribution in [1.82, 2.24) is 14.9 Å². The summed E-state index contributed by atoms with van der Waals surface area (Å²) >= 11 is 0. The standard InChI is InChI=1S/C11H18N6O/c12-9-5-14-6-11(16-9)15-8-1-3-17(4-2-8)7-10(13)18/h5-6,8H,1-4,7H2,(H2,13,18)(H3,12,15,16). The second kappa shape index (κ2) is 5.63. The van der Waals surface area contributed by atoms with Crippen LogP contribution >= 0.6 is 0 Å². The van der Waals surface area contributed by atoms with Crippen molar-refractivity contribution < 1.29 is 4.79 Å². The lowest BCUT2D eigenvalue weighted by atomic mass is 10.1. The first kappa shape index (κ1) is 12.6. The molecule has 1 saturated heterocycles. The molecule has 0 spiro atoms. The van der Waals surface area contributed by atoms with E-state index < -0.39 is 0 Å². The molecule has 0 saturated carbocycles. The minimum atomic E-state index is -0.275. The summed E-state index contributed by atoms with van der Waals surface area (Å²) < 4.78 is 0. The highest BCUT2D eigenvalue weighted by Gasteiger charge is 2.20. The fourth-order valence-electron chi connectivity index (χ4n) is 2.12. The van der Waals surface area contributed by atoms with Gasteiger partial charge in [0.05, 0.1) is 18.9 Å². The van der Waals surface area contributed by atoms with E-state index >= 15 is 0 Å². The smallest absolute Gasteiger partial charge is 0.231 e. The topological polar surface area (TPSA) is 110 Å². The van der Waals surface area contributed by atoms with Gasteiger partial charge < -0.3 is 16.8 Å². The van der Waals surface area contributed by atoms with E-state index in [4.69, 9.17) is 11.5 Å². The van der Waals surface area contributed by atoms with Crippen molar-refractivity contribution >= 4 is 17.5 Å². The van der Waals surface area contributed by atoms with Crippen LogP contribution in [0.15, 0.2) is 12.4 Å². The number of rotatable bonds is 4. The summed E-state index contributed by atoms with van der Waals surface area (Å²) in [5, 5.41) is 3.30. The van der Waals surface area contributed by atoms with Crippen molar-refractivity contribution in [2.75, 3.05) is 30.7 Å². The van der Waals surface area contributed by atoms with Crippen LogP contribution in [0.5, 0.6) is 0 Å². The molecule has 0 aromatic carbocycles. The summed E-state index contributed by atoms with van der Waals surface area (Å²) in [6.07, 6.45) is 5.07. The number of nitrogens with two attached hydrogens (primary N) is 2. The number of primary amides is 1. The Morgan fingerprint density at radius 1 is 1.44 bits per heavy atom. The van der Waals surface area contributed by atoms with E-state index in [-0.39, 0.29) is 5.91 Å². The number of aromatic nitrogens is 2. The van der Waals surface area contributed by atoms with Crippen LogP contribution in [0.1, 0.15) is 12.8 Å². The third-order valence-electron chi connectivity index (χ3n) is 2.97. The van der Waals surface area contributed by atoms with Gasteiger partial charge in [-0.25, -0.2) is 4.98 Å². The van der Waals surface area contributed by atoms with Gasteiger partial charge in [-0.2, -0.15) is 0 Å². The highest BCUT2D eigenvalue weighted by Crippen LogP contribution is 2.14. The largest absolute Gasteiger partial charge is 0.382 e. The molecule has 1 aromatic rings. The zero-order valence-electron chi connectivity index (χ0n) is 10.2. The van der Waals surface area contributed by atoms with Crippen molar-refractivity contribution in [3.05, 3.63) is 12.4 Å². The minimum Gasteiger partial charge on any atom is -0.382 e. The van der Waals surface area contributed by atoms with Gasteiger partial charge in [0.25, 0.3) is 0 Å². The molecule has 0 bridgehead atoms. The molecule has 0 atom stereocenters. The summed E-state index contributed by atoms with van der Waals surface area (Å²) in [7, 11) is 0. The molecule has 1 aromatic heterocycles. The zero-order valence-corrected chi connectivity index (χ0v) is 10.2. The molecule has 5 N–H and O–H groups in total. The van der Waals surface area contributed by atoms with Gasteiger partial charge in [-0.3, -0.25) is 14.7 Å². The molecular formula is C11H18N6O. The number of nitrogen functional groups attached to an aromatic ring is 1. The normalized spacial score (nSPS) is 17.6. The molecule has 1 amide bonds. The Kier molecular flexibility index (Phi) is 3.93. The van der Waals surface area contributed by atoms with E-state index in [1.54, 1.807) is 6.20 Å². The van der Waals surface area contributed by atoms with Crippen LogP contribution in [0.25, 0.3) is 0 Å². The number of carbonyl (C=O) groups is 1. The Hall–Kier alpha value is -1.89. The lowest BCUT2D eigenvalue weighted by Gasteiger charge is -2.31. The van der Waals surface area contributed by atoms with Gasteiger partial charge in [0.1, 0.15) is 11.6 Å². The van der Waals surface area contributed by atoms with Crippen LogP contribution < -0.4 is 16.8 Å². The average molecular weight is 250 g/mol. The Balaban J connectivity index is 1.81. The van der Waals surface area contributed by atoms with E-state index in [1.165, 1.54) is 6.20 Å². The van der Waals surface area contributed by atoms with E-state index in [1.807, 2.05) is 0 Å². The van der Waals surface area contributed by atoms with Crippen LogP contribution in [-0.4, -0.2) is 46.5 Å². The maximum atomic E-state index is 10.8. The number of nitrogens with one attached hydrogen (secondary N) is 1. The maximum Gasteiger partial charge on any atom is 0.231 e. The number of piperidine rings is 1. The van der Waals surface area contributed by atoms with Crippen molar-refractivity contribution in [1.29, 1.82) is 0 Å². The predicted molar refractivity (Wildman–Crippen MR) is 68.7 cm³/mol. The number of nitrogens with zero attached hydrogens (tertiary/aromatic N) is 3. The van der Waals surface area contributed by atoms with Crippen LogP contribution in [0.2, 0.25) is 0 Å². The summed E-state index contributed by atoms with van der Waals surface area (Å²) in [6.45, 7) is 2.05. The van der Waals surface area contributed by atoms with Crippen LogP contribution in [0.3, 0.4) is 0 Å². The second-order valence-corrected chi connectivity index (χ2v) is 4.49. The van der Waals surface area contributed by atoms with Gasteiger partial charge in [-0.1, -0.05) is 0 Å². The third kappa shape index (κ3) is 3.56. The molecule has 0 aliphatic carbocycles. The molecule has 0 unspecified atom stereocenters. The number of amides is 1. The van der Waals surface area contributed by atoms with Gasteiger partial charge >= 0.3 is 0 Å². The summed E-state index contributed by atoms with van der Waals surface area (Å²) in [4.78, 5) is 21.0. The lowest BCUT2D eigenvalue weighted by Crippen LogP contribution is -2.43. The number of hydrogen-bond acceptors (Lipinski definition) is 6. The van der Waals surface area contributed by atoms with Gasteiger partial charge in [-0.05, 0) is 12.8 Å². The minimum absolute atomic E-state index is 0.275. The number of likely N-dealkylation sites (tertiary alicyclic amines) is 1.